The van der Waals surface area contributed by atoms with Crippen LogP contribution in [0.1, 0.15) is 10.4 Å². The number of rotatable bonds is 2. The van der Waals surface area contributed by atoms with Crippen LogP contribution in [0.25, 0.3) is 0 Å². The second kappa shape index (κ2) is 6.74. The van der Waals surface area contributed by atoms with Crippen LogP contribution in [0.4, 0.5) is 5.69 Å². The molecule has 2 aromatic rings. The van der Waals surface area contributed by atoms with Gasteiger partial charge < -0.3 is 5.11 Å². The summed E-state index contributed by atoms with van der Waals surface area (Å²) in [6.07, 6.45) is 3.50. The number of nitro benzene ring substituents is 1. The van der Waals surface area contributed by atoms with Crippen molar-refractivity contribution in [2.75, 3.05) is 0 Å². The molecule has 1 N–H and O–H groups in total. The maximum atomic E-state index is 10.3. The number of hydrogen-bond acceptors (Lipinski definition) is 4. The van der Waals surface area contributed by atoms with E-state index in [2.05, 4.69) is 4.98 Å². The molecule has 2 rings (SSSR count). The van der Waals surface area contributed by atoms with E-state index in [9.17, 15) is 14.9 Å². The monoisotopic (exact) mass is 246 g/mol. The van der Waals surface area contributed by atoms with Crippen LogP contribution in [0, 0.1) is 10.1 Å². The number of non-ortho nitro benzene ring substituents is 1. The van der Waals surface area contributed by atoms with Crippen LogP contribution in [0.5, 0.6) is 0 Å². The average molecular weight is 246 g/mol. The molecule has 0 aliphatic heterocycles. The number of benzene rings is 1. The minimum atomic E-state index is -1.09. The molecule has 18 heavy (non-hydrogen) atoms. The molecular formula is C12H10N2O4. The molecule has 6 nitrogen and oxygen atoms in total. The van der Waals surface area contributed by atoms with Gasteiger partial charge in [0.15, 0.2) is 0 Å². The molecule has 0 unspecified atom stereocenters. The van der Waals surface area contributed by atoms with Crippen LogP contribution in [0.3, 0.4) is 0 Å². The Morgan fingerprint density at radius 2 is 1.67 bits per heavy atom. The summed E-state index contributed by atoms with van der Waals surface area (Å²) in [4.78, 5) is 23.7. The van der Waals surface area contributed by atoms with Crippen LogP contribution in [-0.2, 0) is 0 Å². The van der Waals surface area contributed by atoms with Gasteiger partial charge in [-0.05, 0) is 24.3 Å². The van der Waals surface area contributed by atoms with Gasteiger partial charge in [-0.2, -0.15) is 0 Å². The first-order valence-electron chi connectivity index (χ1n) is 4.94. The lowest BCUT2D eigenvalue weighted by Crippen LogP contribution is -1.96. The Morgan fingerprint density at radius 3 is 1.94 bits per heavy atom. The number of nitrogens with zero attached hydrogens (tertiary/aromatic N) is 2. The molecule has 1 aromatic carbocycles. The highest BCUT2D eigenvalue weighted by atomic mass is 16.6. The molecule has 0 aliphatic rings. The molecular weight excluding hydrogens is 236 g/mol. The zero-order valence-corrected chi connectivity index (χ0v) is 9.26. The lowest BCUT2D eigenvalue weighted by molar-refractivity contribution is -0.384. The number of carbonyl (C=O) groups is 1. The zero-order valence-electron chi connectivity index (χ0n) is 9.26. The normalized spacial score (nSPS) is 8.89. The number of hydrogen-bond donors (Lipinski definition) is 1. The van der Waals surface area contributed by atoms with Crippen molar-refractivity contribution in [2.45, 2.75) is 0 Å². The number of carboxylic acids is 1. The van der Waals surface area contributed by atoms with Gasteiger partial charge >= 0.3 is 5.97 Å². The molecule has 0 amide bonds. The summed E-state index contributed by atoms with van der Waals surface area (Å²) in [5.74, 6) is -1.09. The van der Waals surface area contributed by atoms with Crippen molar-refractivity contribution in [2.24, 2.45) is 0 Å². The van der Waals surface area contributed by atoms with E-state index >= 15 is 0 Å². The van der Waals surface area contributed by atoms with Crippen molar-refractivity contribution in [1.29, 1.82) is 0 Å². The van der Waals surface area contributed by atoms with E-state index in [1.165, 1.54) is 12.1 Å². The van der Waals surface area contributed by atoms with Crippen molar-refractivity contribution in [3.05, 3.63) is 70.5 Å². The zero-order chi connectivity index (χ0) is 13.4. The Morgan fingerprint density at radius 1 is 1.11 bits per heavy atom. The van der Waals surface area contributed by atoms with E-state index in [-0.39, 0.29) is 11.3 Å². The van der Waals surface area contributed by atoms with Gasteiger partial charge in [0, 0.05) is 24.5 Å². The SMILES string of the molecule is O=C(O)c1ccc([N+](=O)[O-])cc1.c1ccncc1. The summed E-state index contributed by atoms with van der Waals surface area (Å²) in [6.45, 7) is 0. The number of aromatic carboxylic acids is 1. The second-order valence-electron chi connectivity index (χ2n) is 3.13. The molecule has 0 saturated heterocycles. The molecule has 0 fully saturated rings. The van der Waals surface area contributed by atoms with E-state index in [0.717, 1.165) is 12.1 Å². The summed E-state index contributed by atoms with van der Waals surface area (Å²) >= 11 is 0. The van der Waals surface area contributed by atoms with Gasteiger partial charge in [0.1, 0.15) is 0 Å². The van der Waals surface area contributed by atoms with E-state index in [0.29, 0.717) is 0 Å². The van der Waals surface area contributed by atoms with Crippen LogP contribution in [0.15, 0.2) is 54.9 Å². The van der Waals surface area contributed by atoms with Crippen molar-refractivity contribution in [3.63, 3.8) is 0 Å². The second-order valence-corrected chi connectivity index (χ2v) is 3.13. The Kier molecular flexibility index (Phi) is 4.98. The third kappa shape index (κ3) is 4.40. The highest BCUT2D eigenvalue weighted by molar-refractivity contribution is 5.87. The smallest absolute Gasteiger partial charge is 0.335 e. The Hall–Kier alpha value is -2.76. The maximum Gasteiger partial charge on any atom is 0.335 e. The predicted octanol–water partition coefficient (Wildman–Crippen LogP) is 2.37. The molecule has 92 valence electrons. The minimum Gasteiger partial charge on any atom is -0.478 e. The van der Waals surface area contributed by atoms with Gasteiger partial charge in [0.25, 0.3) is 5.69 Å². The lowest BCUT2D eigenvalue weighted by Gasteiger charge is -1.92. The third-order valence-electron chi connectivity index (χ3n) is 1.89. The number of aromatic nitrogens is 1. The van der Waals surface area contributed by atoms with E-state index < -0.39 is 10.9 Å². The summed E-state index contributed by atoms with van der Waals surface area (Å²) in [5, 5.41) is 18.6. The molecule has 0 spiro atoms. The fourth-order valence-corrected chi connectivity index (χ4v) is 1.04. The van der Waals surface area contributed by atoms with Gasteiger partial charge in [-0.3, -0.25) is 15.1 Å². The first-order valence-corrected chi connectivity index (χ1v) is 4.94. The maximum absolute atomic E-state index is 10.3. The lowest BCUT2D eigenvalue weighted by atomic mass is 10.2. The Labute approximate surface area is 103 Å². The van der Waals surface area contributed by atoms with Crippen LogP contribution < -0.4 is 0 Å². The molecule has 0 saturated carbocycles. The average Bonchev–Trinajstić information content (AvgIpc) is 2.41. The Balaban J connectivity index is 0.000000225. The Bertz CT molecular complexity index is 452. The highest BCUT2D eigenvalue weighted by Crippen LogP contribution is 2.11. The fourth-order valence-electron chi connectivity index (χ4n) is 1.04. The molecule has 1 aromatic heterocycles. The topological polar surface area (TPSA) is 93.3 Å². The molecule has 0 atom stereocenters. The summed E-state index contributed by atoms with van der Waals surface area (Å²) in [7, 11) is 0. The largest absolute Gasteiger partial charge is 0.478 e. The third-order valence-corrected chi connectivity index (χ3v) is 1.89. The summed E-state index contributed by atoms with van der Waals surface area (Å²) < 4.78 is 0. The van der Waals surface area contributed by atoms with Crippen molar-refractivity contribution < 1.29 is 14.8 Å². The number of pyridine rings is 1. The number of nitro groups is 1. The fraction of sp³-hybridized carbons (Fsp3) is 0. The van der Waals surface area contributed by atoms with Crippen molar-refractivity contribution >= 4 is 11.7 Å². The van der Waals surface area contributed by atoms with Crippen molar-refractivity contribution in [1.82, 2.24) is 4.98 Å². The van der Waals surface area contributed by atoms with Crippen LogP contribution >= 0.6 is 0 Å². The van der Waals surface area contributed by atoms with Gasteiger partial charge in [-0.15, -0.1) is 0 Å². The number of carboxylic acid groups (broad SMARTS) is 1. The molecule has 0 bridgehead atoms. The first-order chi connectivity index (χ1) is 8.61. The van der Waals surface area contributed by atoms with E-state index in [1.807, 2.05) is 18.2 Å². The molecule has 6 heteroatoms. The minimum absolute atomic E-state index is 0.0422. The van der Waals surface area contributed by atoms with Crippen LogP contribution in [0.2, 0.25) is 0 Å². The van der Waals surface area contributed by atoms with Gasteiger partial charge in [0.05, 0.1) is 10.5 Å². The summed E-state index contributed by atoms with van der Waals surface area (Å²) in [5.41, 5.74) is -0.0689. The highest BCUT2D eigenvalue weighted by Gasteiger charge is 2.06. The molecule has 0 radical (unpaired) electrons. The van der Waals surface area contributed by atoms with E-state index in [1.54, 1.807) is 12.4 Å². The molecule has 0 aliphatic carbocycles. The van der Waals surface area contributed by atoms with Crippen molar-refractivity contribution in [3.8, 4) is 0 Å². The van der Waals surface area contributed by atoms with Gasteiger partial charge in [-0.1, -0.05) is 6.07 Å². The first kappa shape index (κ1) is 13.3. The standard InChI is InChI=1S/C7H5NO4.C5H5N/c9-7(10)5-1-3-6(4-2-5)8(11)12;1-2-4-6-5-3-1/h1-4H,(H,9,10);1-5H. The van der Waals surface area contributed by atoms with Crippen LogP contribution in [-0.4, -0.2) is 21.0 Å². The molecule has 1 heterocycles. The van der Waals surface area contributed by atoms with E-state index in [4.69, 9.17) is 5.11 Å². The van der Waals surface area contributed by atoms with Gasteiger partial charge in [0.2, 0.25) is 0 Å². The predicted molar refractivity (Wildman–Crippen MR) is 64.3 cm³/mol. The van der Waals surface area contributed by atoms with Gasteiger partial charge in [-0.25, -0.2) is 4.79 Å². The quantitative estimate of drug-likeness (QED) is 0.648. The summed E-state index contributed by atoms with van der Waals surface area (Å²) in [6, 6.07) is 10.4.